The zero-order valence-electron chi connectivity index (χ0n) is 10.3. The van der Waals surface area contributed by atoms with Crippen LogP contribution in [0.25, 0.3) is 0 Å². The Balaban J connectivity index is 2.54. The number of nitrogens with one attached hydrogen (secondary N) is 1. The zero-order chi connectivity index (χ0) is 11.5. The van der Waals surface area contributed by atoms with Crippen LogP contribution in [0.15, 0.2) is 4.52 Å². The van der Waals surface area contributed by atoms with E-state index in [1.54, 1.807) is 0 Å². The summed E-state index contributed by atoms with van der Waals surface area (Å²) in [5.74, 6) is 1.42. The third-order valence-electron chi connectivity index (χ3n) is 2.13. The van der Waals surface area contributed by atoms with Crippen LogP contribution in [0, 0.1) is 6.92 Å². The minimum absolute atomic E-state index is 0.124. The molecule has 4 heteroatoms. The molecule has 0 saturated carbocycles. The van der Waals surface area contributed by atoms with Gasteiger partial charge in [0.05, 0.1) is 0 Å². The standard InChI is InChI=1S/C11H21N3O/c1-6-9(13-11(3,4)5)7-10-12-8(2)15-14-10/h9,13H,6-7H2,1-5H3/t9-/m0/s1. The molecule has 1 heterocycles. The smallest absolute Gasteiger partial charge is 0.223 e. The molecular formula is C11H21N3O. The van der Waals surface area contributed by atoms with Gasteiger partial charge in [0, 0.05) is 24.9 Å². The molecule has 1 aromatic rings. The molecule has 0 unspecified atom stereocenters. The Bertz CT molecular complexity index is 301. The first kappa shape index (κ1) is 12.2. The van der Waals surface area contributed by atoms with Gasteiger partial charge in [0.15, 0.2) is 5.82 Å². The van der Waals surface area contributed by atoms with Crippen LogP contribution in [-0.2, 0) is 6.42 Å². The summed E-state index contributed by atoms with van der Waals surface area (Å²) in [5.41, 5.74) is 0.124. The minimum Gasteiger partial charge on any atom is -0.340 e. The van der Waals surface area contributed by atoms with E-state index < -0.39 is 0 Å². The van der Waals surface area contributed by atoms with Gasteiger partial charge in [-0.05, 0) is 27.2 Å². The van der Waals surface area contributed by atoms with Crippen LogP contribution in [0.3, 0.4) is 0 Å². The van der Waals surface area contributed by atoms with E-state index in [9.17, 15) is 0 Å². The third kappa shape index (κ3) is 4.42. The lowest BCUT2D eigenvalue weighted by Gasteiger charge is -2.27. The van der Waals surface area contributed by atoms with Crippen LogP contribution in [0.5, 0.6) is 0 Å². The molecular weight excluding hydrogens is 190 g/mol. The molecule has 1 N–H and O–H groups in total. The van der Waals surface area contributed by atoms with Gasteiger partial charge in [0.1, 0.15) is 0 Å². The summed E-state index contributed by atoms with van der Waals surface area (Å²) in [5, 5.41) is 7.45. The summed E-state index contributed by atoms with van der Waals surface area (Å²) in [6, 6.07) is 0.405. The van der Waals surface area contributed by atoms with Crippen molar-refractivity contribution in [2.45, 2.75) is 59.0 Å². The van der Waals surface area contributed by atoms with Gasteiger partial charge in [-0.15, -0.1) is 0 Å². The highest BCUT2D eigenvalue weighted by atomic mass is 16.5. The molecule has 0 saturated heterocycles. The average molecular weight is 211 g/mol. The van der Waals surface area contributed by atoms with E-state index >= 15 is 0 Å². The second-order valence-corrected chi connectivity index (χ2v) is 4.93. The molecule has 1 aromatic heterocycles. The first-order valence-corrected chi connectivity index (χ1v) is 5.47. The lowest BCUT2D eigenvalue weighted by Crippen LogP contribution is -2.44. The Morgan fingerprint density at radius 3 is 2.47 bits per heavy atom. The summed E-state index contributed by atoms with van der Waals surface area (Å²) in [7, 11) is 0. The van der Waals surface area contributed by atoms with Gasteiger partial charge in [-0.1, -0.05) is 12.1 Å². The fourth-order valence-electron chi connectivity index (χ4n) is 1.55. The summed E-state index contributed by atoms with van der Waals surface area (Å²) in [6.07, 6.45) is 1.88. The zero-order valence-corrected chi connectivity index (χ0v) is 10.3. The Labute approximate surface area is 91.5 Å². The highest BCUT2D eigenvalue weighted by Gasteiger charge is 2.17. The highest BCUT2D eigenvalue weighted by Crippen LogP contribution is 2.08. The molecule has 1 atom stereocenters. The molecule has 1 rings (SSSR count). The predicted molar refractivity (Wildman–Crippen MR) is 59.7 cm³/mol. The van der Waals surface area contributed by atoms with Crippen molar-refractivity contribution in [1.82, 2.24) is 15.5 Å². The maximum Gasteiger partial charge on any atom is 0.223 e. The highest BCUT2D eigenvalue weighted by molar-refractivity contribution is 4.90. The normalized spacial score (nSPS) is 14.2. The maximum absolute atomic E-state index is 4.95. The van der Waals surface area contributed by atoms with Crippen LogP contribution >= 0.6 is 0 Å². The van der Waals surface area contributed by atoms with Crippen molar-refractivity contribution in [1.29, 1.82) is 0 Å². The molecule has 0 spiro atoms. The van der Waals surface area contributed by atoms with E-state index in [0.29, 0.717) is 11.9 Å². The van der Waals surface area contributed by atoms with E-state index in [2.05, 4.69) is 43.2 Å². The van der Waals surface area contributed by atoms with E-state index in [4.69, 9.17) is 4.52 Å². The molecule has 0 bridgehead atoms. The molecule has 0 radical (unpaired) electrons. The quantitative estimate of drug-likeness (QED) is 0.828. The number of hydrogen-bond donors (Lipinski definition) is 1. The summed E-state index contributed by atoms with van der Waals surface area (Å²) in [6.45, 7) is 10.5. The van der Waals surface area contributed by atoms with E-state index in [0.717, 1.165) is 18.7 Å². The van der Waals surface area contributed by atoms with Crippen LogP contribution in [0.1, 0.15) is 45.8 Å². The topological polar surface area (TPSA) is 51.0 Å². The lowest BCUT2D eigenvalue weighted by atomic mass is 10.0. The maximum atomic E-state index is 4.95. The first-order valence-electron chi connectivity index (χ1n) is 5.47. The van der Waals surface area contributed by atoms with E-state index in [1.807, 2.05) is 6.92 Å². The molecule has 0 aliphatic carbocycles. The molecule has 15 heavy (non-hydrogen) atoms. The third-order valence-corrected chi connectivity index (χ3v) is 2.13. The molecule has 86 valence electrons. The number of nitrogens with zero attached hydrogens (tertiary/aromatic N) is 2. The summed E-state index contributed by atoms with van der Waals surface area (Å²) in [4.78, 5) is 4.21. The van der Waals surface area contributed by atoms with Crippen molar-refractivity contribution in [2.75, 3.05) is 0 Å². The van der Waals surface area contributed by atoms with Crippen molar-refractivity contribution < 1.29 is 4.52 Å². The van der Waals surface area contributed by atoms with Crippen molar-refractivity contribution >= 4 is 0 Å². The van der Waals surface area contributed by atoms with Crippen LogP contribution in [0.2, 0.25) is 0 Å². The molecule has 0 aromatic carbocycles. The number of aromatic nitrogens is 2. The van der Waals surface area contributed by atoms with Gasteiger partial charge in [-0.2, -0.15) is 4.98 Å². The fraction of sp³-hybridized carbons (Fsp3) is 0.818. The van der Waals surface area contributed by atoms with Gasteiger partial charge < -0.3 is 9.84 Å². The van der Waals surface area contributed by atoms with Crippen molar-refractivity contribution in [3.63, 3.8) is 0 Å². The van der Waals surface area contributed by atoms with E-state index in [-0.39, 0.29) is 5.54 Å². The van der Waals surface area contributed by atoms with E-state index in [1.165, 1.54) is 0 Å². The SMILES string of the molecule is CC[C@@H](Cc1noc(C)n1)NC(C)(C)C. The Kier molecular flexibility index (Phi) is 3.85. The van der Waals surface area contributed by atoms with Crippen molar-refractivity contribution in [2.24, 2.45) is 0 Å². The largest absolute Gasteiger partial charge is 0.340 e. The Hall–Kier alpha value is -0.900. The molecule has 0 fully saturated rings. The lowest BCUT2D eigenvalue weighted by molar-refractivity contribution is 0.339. The molecule has 0 aliphatic rings. The fourth-order valence-corrected chi connectivity index (χ4v) is 1.55. The molecule has 0 aliphatic heterocycles. The monoisotopic (exact) mass is 211 g/mol. The summed E-state index contributed by atoms with van der Waals surface area (Å²) >= 11 is 0. The van der Waals surface area contributed by atoms with Crippen LogP contribution in [-0.4, -0.2) is 21.7 Å². The minimum atomic E-state index is 0.124. The van der Waals surface area contributed by atoms with Gasteiger partial charge >= 0.3 is 0 Å². The number of aryl methyl sites for hydroxylation is 1. The number of hydrogen-bond acceptors (Lipinski definition) is 4. The second-order valence-electron chi connectivity index (χ2n) is 4.93. The Morgan fingerprint density at radius 2 is 2.07 bits per heavy atom. The van der Waals surface area contributed by atoms with Crippen LogP contribution in [0.4, 0.5) is 0 Å². The van der Waals surface area contributed by atoms with Crippen molar-refractivity contribution in [3.05, 3.63) is 11.7 Å². The van der Waals surface area contributed by atoms with Crippen molar-refractivity contribution in [3.8, 4) is 0 Å². The summed E-state index contributed by atoms with van der Waals surface area (Å²) < 4.78 is 4.95. The molecule has 0 amide bonds. The van der Waals surface area contributed by atoms with Gasteiger partial charge in [-0.25, -0.2) is 0 Å². The van der Waals surface area contributed by atoms with Crippen LogP contribution < -0.4 is 5.32 Å². The predicted octanol–water partition coefficient (Wildman–Crippen LogP) is 2.09. The number of rotatable bonds is 4. The second kappa shape index (κ2) is 4.75. The van der Waals surface area contributed by atoms with Gasteiger partial charge in [-0.3, -0.25) is 0 Å². The molecule has 4 nitrogen and oxygen atoms in total. The average Bonchev–Trinajstić information content (AvgIpc) is 2.47. The Morgan fingerprint density at radius 1 is 1.40 bits per heavy atom. The first-order chi connectivity index (χ1) is 6.90. The van der Waals surface area contributed by atoms with Gasteiger partial charge in [0.25, 0.3) is 0 Å². The van der Waals surface area contributed by atoms with Gasteiger partial charge in [0.2, 0.25) is 5.89 Å².